The monoisotopic (exact) mass is 260 g/mol. The molecule has 0 N–H and O–H groups in total. The van der Waals surface area contributed by atoms with Crippen LogP contribution in [-0.4, -0.2) is 9.55 Å². The Bertz CT molecular complexity index is 631. The van der Waals surface area contributed by atoms with E-state index in [1.54, 1.807) is 16.8 Å². The Kier molecular flexibility index (Phi) is 2.92. The first-order valence-corrected chi connectivity index (χ1v) is 6.49. The largest absolute Gasteiger partial charge is 0.283 e. The molecule has 0 saturated carbocycles. The maximum absolute atomic E-state index is 12.4. The van der Waals surface area contributed by atoms with Crippen molar-refractivity contribution in [1.82, 2.24) is 9.55 Å². The molecule has 2 aromatic rings. The zero-order valence-electron chi connectivity index (χ0n) is 9.90. The minimum atomic E-state index is 0.0799. The summed E-state index contributed by atoms with van der Waals surface area (Å²) in [6.45, 7) is 0. The molecule has 1 aliphatic rings. The van der Waals surface area contributed by atoms with Gasteiger partial charge in [0, 0.05) is 11.8 Å². The van der Waals surface area contributed by atoms with E-state index in [0.717, 1.165) is 30.5 Å². The van der Waals surface area contributed by atoms with Crippen molar-refractivity contribution < 1.29 is 0 Å². The second-order valence-corrected chi connectivity index (χ2v) is 4.93. The molecule has 0 fully saturated rings. The zero-order chi connectivity index (χ0) is 12.5. The number of halogens is 1. The molecule has 0 saturated heterocycles. The lowest BCUT2D eigenvalue weighted by Crippen LogP contribution is -2.25. The highest BCUT2D eigenvalue weighted by atomic mass is 35.5. The van der Waals surface area contributed by atoms with Gasteiger partial charge in [0.2, 0.25) is 0 Å². The average Bonchev–Trinajstić information content (AvgIpc) is 2.41. The van der Waals surface area contributed by atoms with Gasteiger partial charge in [0.25, 0.3) is 5.56 Å². The third-order valence-corrected chi connectivity index (χ3v) is 3.63. The summed E-state index contributed by atoms with van der Waals surface area (Å²) in [5, 5.41) is 0.435. The van der Waals surface area contributed by atoms with Gasteiger partial charge in [-0.1, -0.05) is 11.6 Å². The highest BCUT2D eigenvalue weighted by Crippen LogP contribution is 2.18. The van der Waals surface area contributed by atoms with Crippen LogP contribution in [0.15, 0.2) is 35.4 Å². The Hall–Kier alpha value is -1.61. The van der Waals surface area contributed by atoms with E-state index in [0.29, 0.717) is 5.15 Å². The van der Waals surface area contributed by atoms with Crippen molar-refractivity contribution in [3.05, 3.63) is 57.2 Å². The zero-order valence-corrected chi connectivity index (χ0v) is 10.7. The predicted molar refractivity (Wildman–Crippen MR) is 71.5 cm³/mol. The van der Waals surface area contributed by atoms with E-state index in [2.05, 4.69) is 4.98 Å². The van der Waals surface area contributed by atoms with Crippen LogP contribution in [0.2, 0.25) is 5.15 Å². The quantitative estimate of drug-likeness (QED) is 0.739. The van der Waals surface area contributed by atoms with Crippen molar-refractivity contribution in [3.8, 4) is 5.69 Å². The predicted octanol–water partition coefficient (Wildman–Crippen LogP) is 2.76. The molecular formula is C14H13ClN2O. The molecule has 0 atom stereocenters. The highest BCUT2D eigenvalue weighted by Gasteiger charge is 2.14. The van der Waals surface area contributed by atoms with Gasteiger partial charge in [0.15, 0.2) is 0 Å². The summed E-state index contributed by atoms with van der Waals surface area (Å²) in [6, 6.07) is 5.55. The number of fused-ring (bicyclic) bond motifs is 1. The van der Waals surface area contributed by atoms with Gasteiger partial charge in [-0.3, -0.25) is 9.36 Å². The fraction of sp³-hybridized carbons (Fsp3) is 0.286. The van der Waals surface area contributed by atoms with E-state index in [1.807, 2.05) is 18.3 Å². The molecule has 18 heavy (non-hydrogen) atoms. The Morgan fingerprint density at radius 2 is 2.00 bits per heavy atom. The molecule has 2 heterocycles. The van der Waals surface area contributed by atoms with Crippen LogP contribution in [0.5, 0.6) is 0 Å². The number of nitrogens with zero attached hydrogens (tertiary/aromatic N) is 2. The van der Waals surface area contributed by atoms with Crippen LogP contribution in [0.25, 0.3) is 5.69 Å². The lowest BCUT2D eigenvalue weighted by Gasteiger charge is -2.16. The topological polar surface area (TPSA) is 34.9 Å². The molecule has 3 nitrogen and oxygen atoms in total. The second kappa shape index (κ2) is 4.58. The summed E-state index contributed by atoms with van der Waals surface area (Å²) in [5.41, 5.74) is 3.00. The first-order valence-electron chi connectivity index (χ1n) is 6.11. The third kappa shape index (κ3) is 1.95. The summed E-state index contributed by atoms with van der Waals surface area (Å²) in [5.74, 6) is 0. The van der Waals surface area contributed by atoms with Crippen LogP contribution in [0.4, 0.5) is 0 Å². The Morgan fingerprint density at radius 1 is 1.17 bits per heavy atom. The molecule has 0 aliphatic heterocycles. The maximum atomic E-state index is 12.4. The van der Waals surface area contributed by atoms with Gasteiger partial charge in [-0.2, -0.15) is 0 Å². The normalized spacial score (nSPS) is 14.3. The van der Waals surface area contributed by atoms with Gasteiger partial charge in [-0.05, 0) is 49.4 Å². The number of rotatable bonds is 1. The molecule has 0 amide bonds. The summed E-state index contributed by atoms with van der Waals surface area (Å²) in [7, 11) is 0. The number of aromatic nitrogens is 2. The molecule has 2 aromatic heterocycles. The minimum absolute atomic E-state index is 0.0799. The van der Waals surface area contributed by atoms with Crippen LogP contribution in [-0.2, 0) is 12.8 Å². The summed E-state index contributed by atoms with van der Waals surface area (Å²) in [6.07, 6.45) is 7.64. The molecule has 0 spiro atoms. The number of aryl methyl sites for hydroxylation is 1. The van der Waals surface area contributed by atoms with Crippen molar-refractivity contribution in [1.29, 1.82) is 0 Å². The molecule has 0 unspecified atom stereocenters. The van der Waals surface area contributed by atoms with Gasteiger partial charge < -0.3 is 0 Å². The standard InChI is InChI=1S/C14H13ClN2O/c15-13-6-5-11(9-16-13)17-8-7-10-3-1-2-4-12(10)14(17)18/h5-9H,1-4H2. The third-order valence-electron chi connectivity index (χ3n) is 3.40. The van der Waals surface area contributed by atoms with Gasteiger partial charge in [-0.15, -0.1) is 0 Å². The van der Waals surface area contributed by atoms with Crippen molar-refractivity contribution in [2.45, 2.75) is 25.7 Å². The van der Waals surface area contributed by atoms with Crippen LogP contribution in [0, 0.1) is 0 Å². The molecule has 0 radical (unpaired) electrons. The minimum Gasteiger partial charge on any atom is -0.283 e. The SMILES string of the molecule is O=c1c2c(ccn1-c1ccc(Cl)nc1)CCCC2. The second-order valence-electron chi connectivity index (χ2n) is 4.54. The van der Waals surface area contributed by atoms with Crippen molar-refractivity contribution in [3.63, 3.8) is 0 Å². The van der Waals surface area contributed by atoms with E-state index in [9.17, 15) is 4.79 Å². The van der Waals surface area contributed by atoms with Crippen molar-refractivity contribution >= 4 is 11.6 Å². The molecular weight excluding hydrogens is 248 g/mol. The number of pyridine rings is 2. The van der Waals surface area contributed by atoms with Crippen molar-refractivity contribution in [2.24, 2.45) is 0 Å². The lowest BCUT2D eigenvalue weighted by atomic mass is 9.93. The van der Waals surface area contributed by atoms with E-state index in [4.69, 9.17) is 11.6 Å². The van der Waals surface area contributed by atoms with E-state index in [1.165, 1.54) is 12.0 Å². The fourth-order valence-electron chi connectivity index (χ4n) is 2.45. The van der Waals surface area contributed by atoms with Crippen LogP contribution in [0.1, 0.15) is 24.0 Å². The highest BCUT2D eigenvalue weighted by molar-refractivity contribution is 6.29. The molecule has 92 valence electrons. The fourth-order valence-corrected chi connectivity index (χ4v) is 2.56. The molecule has 0 bridgehead atoms. The summed E-state index contributed by atoms with van der Waals surface area (Å²) in [4.78, 5) is 16.4. The first-order chi connectivity index (χ1) is 8.75. The summed E-state index contributed by atoms with van der Waals surface area (Å²) < 4.78 is 1.65. The van der Waals surface area contributed by atoms with Crippen LogP contribution >= 0.6 is 11.6 Å². The number of hydrogen-bond donors (Lipinski definition) is 0. The van der Waals surface area contributed by atoms with E-state index in [-0.39, 0.29) is 5.56 Å². The van der Waals surface area contributed by atoms with Gasteiger partial charge in [-0.25, -0.2) is 4.98 Å². The first kappa shape index (κ1) is 11.5. The average molecular weight is 261 g/mol. The Labute approximate surface area is 110 Å². The maximum Gasteiger partial charge on any atom is 0.258 e. The molecule has 0 aromatic carbocycles. The van der Waals surface area contributed by atoms with Crippen LogP contribution < -0.4 is 5.56 Å². The molecule has 1 aliphatic carbocycles. The van der Waals surface area contributed by atoms with Crippen LogP contribution in [0.3, 0.4) is 0 Å². The Balaban J connectivity index is 2.13. The van der Waals surface area contributed by atoms with E-state index < -0.39 is 0 Å². The van der Waals surface area contributed by atoms with Gasteiger partial charge in [0.1, 0.15) is 5.15 Å². The van der Waals surface area contributed by atoms with Crippen molar-refractivity contribution in [2.75, 3.05) is 0 Å². The molecule has 4 heteroatoms. The molecule has 3 rings (SSSR count). The smallest absolute Gasteiger partial charge is 0.258 e. The van der Waals surface area contributed by atoms with Gasteiger partial charge in [0.05, 0.1) is 11.9 Å². The number of hydrogen-bond acceptors (Lipinski definition) is 2. The summed E-state index contributed by atoms with van der Waals surface area (Å²) >= 11 is 5.76. The van der Waals surface area contributed by atoms with Gasteiger partial charge >= 0.3 is 0 Å². The van der Waals surface area contributed by atoms with E-state index >= 15 is 0 Å². The Morgan fingerprint density at radius 3 is 2.78 bits per heavy atom. The lowest BCUT2D eigenvalue weighted by molar-refractivity contribution is 0.670.